The molecule has 11 nitrogen and oxygen atoms in total. The Morgan fingerprint density at radius 2 is 1.94 bits per heavy atom. The normalized spacial score (nSPS) is 17.5. The number of aromatic nitrogens is 4. The van der Waals surface area contributed by atoms with Gasteiger partial charge < -0.3 is 14.4 Å². The average Bonchev–Trinajstić information content (AvgIpc) is 3.43. The van der Waals surface area contributed by atoms with E-state index in [1.807, 2.05) is 25.5 Å². The molecule has 1 atom stereocenters. The molecule has 0 N–H and O–H groups in total. The molecule has 50 heavy (non-hydrogen) atoms. The predicted molar refractivity (Wildman–Crippen MR) is 182 cm³/mol. The van der Waals surface area contributed by atoms with Crippen LogP contribution in [0.1, 0.15) is 77.9 Å². The van der Waals surface area contributed by atoms with Crippen molar-refractivity contribution in [3.8, 4) is 22.9 Å². The molecule has 0 bridgehead atoms. The molecule has 262 valence electrons. The second kappa shape index (κ2) is 13.0. The summed E-state index contributed by atoms with van der Waals surface area (Å²) in [5.74, 6) is -1.49. The van der Waals surface area contributed by atoms with Crippen LogP contribution in [-0.4, -0.2) is 61.9 Å². The molecular weight excluding hydrogens is 644 g/mol. The fourth-order valence-electron chi connectivity index (χ4n) is 6.81. The Bertz CT molecular complexity index is 2030. The van der Waals surface area contributed by atoms with E-state index in [0.29, 0.717) is 70.8 Å². The van der Waals surface area contributed by atoms with Gasteiger partial charge in [0.2, 0.25) is 0 Å². The van der Waals surface area contributed by atoms with E-state index in [9.17, 15) is 23.6 Å². The van der Waals surface area contributed by atoms with Crippen LogP contribution >= 0.6 is 0 Å². The van der Waals surface area contributed by atoms with Crippen molar-refractivity contribution in [1.82, 2.24) is 24.6 Å². The number of ether oxygens (including phenoxy) is 2. The van der Waals surface area contributed by atoms with Crippen LogP contribution in [0.25, 0.3) is 22.2 Å². The summed E-state index contributed by atoms with van der Waals surface area (Å²) in [5, 5.41) is 16.1. The summed E-state index contributed by atoms with van der Waals surface area (Å²) in [6.45, 7) is 14.3. The van der Waals surface area contributed by atoms with Gasteiger partial charge in [0, 0.05) is 35.5 Å². The molecule has 0 spiro atoms. The lowest BCUT2D eigenvalue weighted by molar-refractivity contribution is -0.121. The van der Waals surface area contributed by atoms with Crippen LogP contribution in [-0.2, 0) is 22.5 Å². The van der Waals surface area contributed by atoms with Gasteiger partial charge >= 0.3 is 6.09 Å². The molecule has 3 aromatic heterocycles. The second-order valence-corrected chi connectivity index (χ2v) is 15.1. The van der Waals surface area contributed by atoms with Crippen molar-refractivity contribution in [3.63, 3.8) is 0 Å². The van der Waals surface area contributed by atoms with Gasteiger partial charge in [-0.2, -0.15) is 10.4 Å². The van der Waals surface area contributed by atoms with E-state index in [0.717, 1.165) is 12.3 Å². The lowest BCUT2D eigenvalue weighted by atomic mass is 9.79. The van der Waals surface area contributed by atoms with E-state index >= 15 is 0 Å². The molecule has 5 heterocycles. The highest BCUT2D eigenvalue weighted by atomic mass is 19.1. The van der Waals surface area contributed by atoms with Crippen LogP contribution in [0.2, 0.25) is 0 Å². The Hall–Kier alpha value is -5.12. The smallest absolute Gasteiger partial charge is 0.410 e. The number of benzene rings is 1. The molecule has 1 fully saturated rings. The van der Waals surface area contributed by atoms with E-state index in [1.54, 1.807) is 29.3 Å². The maximum Gasteiger partial charge on any atom is 0.410 e. The minimum atomic E-state index is -0.853. The summed E-state index contributed by atoms with van der Waals surface area (Å²) >= 11 is 0. The van der Waals surface area contributed by atoms with Gasteiger partial charge in [-0.3, -0.25) is 14.7 Å². The van der Waals surface area contributed by atoms with Gasteiger partial charge in [0.25, 0.3) is 5.91 Å². The Labute approximate surface area is 289 Å². The molecule has 0 saturated carbocycles. The van der Waals surface area contributed by atoms with Gasteiger partial charge in [-0.25, -0.2) is 23.2 Å². The molecule has 13 heteroatoms. The topological polar surface area (TPSA) is 126 Å². The van der Waals surface area contributed by atoms with Crippen molar-refractivity contribution < 1.29 is 27.8 Å². The SMILES string of the molecule is CC(C)Cc1nc2c(cnn2C2CCN(C(=O)OC(C)(C)C)CC2(C)C)c(-c2ccc3c(c2)OCC(=O)N3Cc2ncc(F)cc2F)c1C#N. The van der Waals surface area contributed by atoms with Gasteiger partial charge in [-0.05, 0) is 57.2 Å². The third kappa shape index (κ3) is 6.71. The third-order valence-electron chi connectivity index (χ3n) is 9.03. The van der Waals surface area contributed by atoms with Crippen molar-refractivity contribution in [2.45, 2.75) is 79.5 Å². The van der Waals surface area contributed by atoms with Crippen LogP contribution in [0.5, 0.6) is 5.75 Å². The Morgan fingerprint density at radius 1 is 1.18 bits per heavy atom. The van der Waals surface area contributed by atoms with Gasteiger partial charge in [-0.1, -0.05) is 33.8 Å². The van der Waals surface area contributed by atoms with Crippen molar-refractivity contribution >= 4 is 28.7 Å². The molecule has 1 aromatic carbocycles. The highest BCUT2D eigenvalue weighted by Gasteiger charge is 2.41. The summed E-state index contributed by atoms with van der Waals surface area (Å²) in [4.78, 5) is 37.9. The first-order valence-corrected chi connectivity index (χ1v) is 16.7. The number of fused-ring (bicyclic) bond motifs is 2. The zero-order valence-corrected chi connectivity index (χ0v) is 29.4. The maximum atomic E-state index is 14.5. The lowest BCUT2D eigenvalue weighted by Crippen LogP contribution is -2.50. The minimum absolute atomic E-state index is 0.0788. The third-order valence-corrected chi connectivity index (χ3v) is 9.03. The largest absolute Gasteiger partial charge is 0.482 e. The number of carbonyl (C=O) groups is 2. The minimum Gasteiger partial charge on any atom is -0.482 e. The number of rotatable bonds is 6. The number of nitrogens with zero attached hydrogens (tertiary/aromatic N) is 7. The zero-order valence-electron chi connectivity index (χ0n) is 29.4. The van der Waals surface area contributed by atoms with E-state index in [2.05, 4.69) is 38.7 Å². The van der Waals surface area contributed by atoms with Crippen LogP contribution in [0.4, 0.5) is 19.3 Å². The Kier molecular flexibility index (Phi) is 9.01. The van der Waals surface area contributed by atoms with Crippen LogP contribution < -0.4 is 9.64 Å². The average molecular weight is 686 g/mol. The fourth-order valence-corrected chi connectivity index (χ4v) is 6.81. The molecule has 4 aromatic rings. The summed E-state index contributed by atoms with van der Waals surface area (Å²) in [6.07, 6.45) is 3.47. The van der Waals surface area contributed by atoms with Crippen LogP contribution in [0.3, 0.4) is 0 Å². The molecule has 1 saturated heterocycles. The molecule has 6 rings (SSSR count). The van der Waals surface area contributed by atoms with Crippen molar-refractivity contribution in [2.24, 2.45) is 11.3 Å². The maximum absolute atomic E-state index is 14.5. The number of amides is 2. The van der Waals surface area contributed by atoms with Gasteiger partial charge in [-0.15, -0.1) is 0 Å². The van der Waals surface area contributed by atoms with E-state index in [1.165, 1.54) is 4.90 Å². The summed E-state index contributed by atoms with van der Waals surface area (Å²) in [6, 6.07) is 8.27. The summed E-state index contributed by atoms with van der Waals surface area (Å²) in [7, 11) is 0. The summed E-state index contributed by atoms with van der Waals surface area (Å²) in [5.41, 5.74) is 2.33. The number of anilines is 1. The quantitative estimate of drug-likeness (QED) is 0.213. The molecule has 2 amide bonds. The van der Waals surface area contributed by atoms with E-state index in [4.69, 9.17) is 19.6 Å². The predicted octanol–water partition coefficient (Wildman–Crippen LogP) is 6.98. The number of hydrogen-bond donors (Lipinski definition) is 0. The van der Waals surface area contributed by atoms with Crippen LogP contribution in [0, 0.1) is 34.3 Å². The Morgan fingerprint density at radius 3 is 2.60 bits per heavy atom. The van der Waals surface area contributed by atoms with Crippen molar-refractivity contribution in [3.05, 3.63) is 65.2 Å². The molecular formula is C37H41F2N7O4. The number of pyridine rings is 2. The number of likely N-dealkylation sites (tertiary alicyclic amines) is 1. The standard InChI is InChI=1S/C37H41F2N7O4/c1-21(2)12-27-24(15-40)33(22-8-9-29-30(13-22)49-19-32(47)45(29)18-28-26(39)14-23(38)16-41-28)25-17-42-46(34(25)43-27)31-10-11-44(20-37(31,6)7)35(48)50-36(3,4)5/h8-9,13-14,16-17,21,31H,10-12,18-20H2,1-7H3. The lowest BCUT2D eigenvalue weighted by Gasteiger charge is -2.44. The number of carbonyl (C=O) groups excluding carboxylic acids is 2. The number of nitriles is 1. The fraction of sp³-hybridized carbons (Fsp3) is 0.459. The highest BCUT2D eigenvalue weighted by molar-refractivity contribution is 6.00. The summed E-state index contributed by atoms with van der Waals surface area (Å²) < 4.78 is 41.5. The first kappa shape index (κ1) is 34.7. The molecule has 2 aliphatic rings. The second-order valence-electron chi connectivity index (χ2n) is 15.1. The van der Waals surface area contributed by atoms with Gasteiger partial charge in [0.1, 0.15) is 29.1 Å². The molecule has 1 unspecified atom stereocenters. The first-order valence-electron chi connectivity index (χ1n) is 16.7. The first-order chi connectivity index (χ1) is 23.6. The molecule has 0 radical (unpaired) electrons. The number of hydrogen-bond acceptors (Lipinski definition) is 8. The van der Waals surface area contributed by atoms with E-state index in [-0.39, 0.29) is 36.9 Å². The van der Waals surface area contributed by atoms with Gasteiger partial charge in [0.15, 0.2) is 12.3 Å². The van der Waals surface area contributed by atoms with E-state index < -0.39 is 28.6 Å². The highest BCUT2D eigenvalue weighted by Crippen LogP contribution is 2.44. The zero-order chi connectivity index (χ0) is 36.1. The van der Waals surface area contributed by atoms with Crippen molar-refractivity contribution in [1.29, 1.82) is 5.26 Å². The Balaban J connectivity index is 1.42. The molecule has 2 aliphatic heterocycles. The number of piperidine rings is 1. The van der Waals surface area contributed by atoms with Crippen molar-refractivity contribution in [2.75, 3.05) is 24.6 Å². The van der Waals surface area contributed by atoms with Gasteiger partial charge in [0.05, 0.1) is 47.6 Å². The molecule has 0 aliphatic carbocycles. The monoisotopic (exact) mass is 685 g/mol. The van der Waals surface area contributed by atoms with Crippen LogP contribution in [0.15, 0.2) is 36.7 Å². The number of halogens is 2.